The van der Waals surface area contributed by atoms with Crippen LogP contribution in [0.1, 0.15) is 64.2 Å². The van der Waals surface area contributed by atoms with E-state index in [9.17, 15) is 0 Å². The summed E-state index contributed by atoms with van der Waals surface area (Å²) in [5.41, 5.74) is 4.69. The molecule has 120 valence electrons. The molecule has 0 saturated heterocycles. The predicted octanol–water partition coefficient (Wildman–Crippen LogP) is 5.29. The van der Waals surface area contributed by atoms with E-state index in [1.165, 1.54) is 29.5 Å². The third kappa shape index (κ3) is 7.13. The van der Waals surface area contributed by atoms with E-state index in [2.05, 4.69) is 72.0 Å². The molecule has 1 heteroatoms. The lowest BCUT2D eigenvalue weighted by molar-refractivity contribution is 0.275. The summed E-state index contributed by atoms with van der Waals surface area (Å²) in [5.74, 6) is 0.764. The molecule has 0 heterocycles. The summed E-state index contributed by atoms with van der Waals surface area (Å²) in [6, 6.07) is 7.50. The van der Waals surface area contributed by atoms with Crippen molar-refractivity contribution in [3.63, 3.8) is 0 Å². The van der Waals surface area contributed by atoms with Crippen LogP contribution in [0.25, 0.3) is 0 Å². The molecule has 1 aromatic rings. The second-order valence-electron chi connectivity index (χ2n) is 7.98. The lowest BCUT2D eigenvalue weighted by Crippen LogP contribution is -2.33. The molecule has 0 aliphatic rings. The summed E-state index contributed by atoms with van der Waals surface area (Å²) in [6.45, 7) is 17.1. The Morgan fingerprint density at radius 1 is 1.10 bits per heavy atom. The SMILES string of the molecule is CCNC(Cc1ccc(C)c(C)c1)CC(C)CC(C)(C)C. The van der Waals surface area contributed by atoms with Gasteiger partial charge in [-0.1, -0.05) is 52.8 Å². The van der Waals surface area contributed by atoms with Gasteiger partial charge in [0.1, 0.15) is 0 Å². The molecule has 0 fully saturated rings. The summed E-state index contributed by atoms with van der Waals surface area (Å²) < 4.78 is 0. The lowest BCUT2D eigenvalue weighted by atomic mass is 9.82. The summed E-state index contributed by atoms with van der Waals surface area (Å²) in [7, 11) is 0. The topological polar surface area (TPSA) is 12.0 Å². The van der Waals surface area contributed by atoms with Crippen LogP contribution in [0.3, 0.4) is 0 Å². The third-order valence-corrected chi connectivity index (χ3v) is 4.19. The van der Waals surface area contributed by atoms with Crippen molar-refractivity contribution >= 4 is 0 Å². The van der Waals surface area contributed by atoms with Crippen molar-refractivity contribution in [1.29, 1.82) is 0 Å². The van der Waals surface area contributed by atoms with Gasteiger partial charge in [0.25, 0.3) is 0 Å². The number of nitrogens with one attached hydrogen (secondary N) is 1. The Morgan fingerprint density at radius 2 is 1.76 bits per heavy atom. The highest BCUT2D eigenvalue weighted by molar-refractivity contribution is 5.30. The van der Waals surface area contributed by atoms with Crippen LogP contribution in [0.4, 0.5) is 0 Å². The summed E-state index contributed by atoms with van der Waals surface area (Å²) in [4.78, 5) is 0. The molecular weight excluding hydrogens is 254 g/mol. The molecule has 0 amide bonds. The van der Waals surface area contributed by atoms with Crippen molar-refractivity contribution in [3.8, 4) is 0 Å². The first-order chi connectivity index (χ1) is 9.71. The average Bonchev–Trinajstić information content (AvgIpc) is 2.31. The first-order valence-electron chi connectivity index (χ1n) is 8.50. The maximum atomic E-state index is 3.68. The zero-order chi connectivity index (χ0) is 16.0. The maximum absolute atomic E-state index is 3.68. The molecule has 0 radical (unpaired) electrons. The van der Waals surface area contributed by atoms with E-state index >= 15 is 0 Å². The van der Waals surface area contributed by atoms with Gasteiger partial charge in [0.15, 0.2) is 0 Å². The van der Waals surface area contributed by atoms with Crippen molar-refractivity contribution in [3.05, 3.63) is 34.9 Å². The maximum Gasteiger partial charge on any atom is 0.0110 e. The minimum atomic E-state index is 0.427. The molecule has 21 heavy (non-hydrogen) atoms. The monoisotopic (exact) mass is 289 g/mol. The lowest BCUT2D eigenvalue weighted by Gasteiger charge is -2.27. The van der Waals surface area contributed by atoms with Gasteiger partial charge in [-0.2, -0.15) is 0 Å². The molecule has 0 aliphatic carbocycles. The standard InChI is InChI=1S/C20H35N/c1-8-21-19(11-15(2)14-20(5,6)7)13-18-10-9-16(3)17(4)12-18/h9-10,12,15,19,21H,8,11,13-14H2,1-7H3. The van der Waals surface area contributed by atoms with E-state index in [4.69, 9.17) is 0 Å². The molecule has 1 N–H and O–H groups in total. The highest BCUT2D eigenvalue weighted by Crippen LogP contribution is 2.27. The Balaban J connectivity index is 2.66. The quantitative estimate of drug-likeness (QED) is 0.719. The van der Waals surface area contributed by atoms with E-state index in [-0.39, 0.29) is 0 Å². The Labute approximate surface area is 132 Å². The molecule has 0 bridgehead atoms. The number of aryl methyl sites for hydroxylation is 2. The van der Waals surface area contributed by atoms with Gasteiger partial charge in [0, 0.05) is 6.04 Å². The number of rotatable bonds is 7. The van der Waals surface area contributed by atoms with Crippen LogP contribution in [-0.4, -0.2) is 12.6 Å². The second-order valence-corrected chi connectivity index (χ2v) is 7.98. The van der Waals surface area contributed by atoms with Crippen molar-refractivity contribution < 1.29 is 0 Å². The molecule has 2 atom stereocenters. The van der Waals surface area contributed by atoms with E-state index in [0.29, 0.717) is 11.5 Å². The molecule has 1 rings (SSSR count). The Hall–Kier alpha value is -0.820. The van der Waals surface area contributed by atoms with Crippen molar-refractivity contribution in [2.24, 2.45) is 11.3 Å². The number of hydrogen-bond acceptors (Lipinski definition) is 1. The normalized spacial score (nSPS) is 15.0. The van der Waals surface area contributed by atoms with Crippen LogP contribution in [0.2, 0.25) is 0 Å². The minimum absolute atomic E-state index is 0.427. The Morgan fingerprint density at radius 3 is 2.29 bits per heavy atom. The van der Waals surface area contributed by atoms with Crippen molar-refractivity contribution in [1.82, 2.24) is 5.32 Å². The first-order valence-corrected chi connectivity index (χ1v) is 8.50. The fraction of sp³-hybridized carbons (Fsp3) is 0.700. The average molecular weight is 290 g/mol. The molecule has 0 saturated carbocycles. The highest BCUT2D eigenvalue weighted by Gasteiger charge is 2.19. The van der Waals surface area contributed by atoms with Crippen LogP contribution < -0.4 is 5.32 Å². The van der Waals surface area contributed by atoms with Crippen LogP contribution in [0, 0.1) is 25.2 Å². The van der Waals surface area contributed by atoms with Gasteiger partial charge in [-0.25, -0.2) is 0 Å². The van der Waals surface area contributed by atoms with Gasteiger partial charge < -0.3 is 5.32 Å². The van der Waals surface area contributed by atoms with Crippen LogP contribution in [0.5, 0.6) is 0 Å². The summed E-state index contributed by atoms with van der Waals surface area (Å²) in [5, 5.41) is 3.68. The minimum Gasteiger partial charge on any atom is -0.314 e. The Kier molecular flexibility index (Phi) is 6.93. The molecule has 1 aromatic carbocycles. The van der Waals surface area contributed by atoms with Crippen LogP contribution in [-0.2, 0) is 6.42 Å². The molecule has 0 spiro atoms. The molecule has 0 aliphatic heterocycles. The van der Waals surface area contributed by atoms with Crippen molar-refractivity contribution in [2.45, 2.75) is 73.8 Å². The van der Waals surface area contributed by atoms with Crippen molar-refractivity contribution in [2.75, 3.05) is 6.54 Å². The Bertz CT molecular complexity index is 428. The predicted molar refractivity (Wildman–Crippen MR) is 94.9 cm³/mol. The molecule has 2 unspecified atom stereocenters. The summed E-state index contributed by atoms with van der Waals surface area (Å²) in [6.07, 6.45) is 3.70. The fourth-order valence-electron chi connectivity index (χ4n) is 3.36. The molecule has 1 nitrogen and oxygen atoms in total. The van der Waals surface area contributed by atoms with E-state index in [1.54, 1.807) is 0 Å². The largest absolute Gasteiger partial charge is 0.314 e. The first kappa shape index (κ1) is 18.2. The smallest absolute Gasteiger partial charge is 0.0110 e. The van der Waals surface area contributed by atoms with Crippen LogP contribution >= 0.6 is 0 Å². The highest BCUT2D eigenvalue weighted by atomic mass is 14.9. The van der Waals surface area contributed by atoms with Crippen LogP contribution in [0.15, 0.2) is 18.2 Å². The van der Waals surface area contributed by atoms with Gasteiger partial charge in [-0.15, -0.1) is 0 Å². The zero-order valence-corrected chi connectivity index (χ0v) is 15.2. The third-order valence-electron chi connectivity index (χ3n) is 4.19. The van der Waals surface area contributed by atoms with Gasteiger partial charge in [-0.05, 0) is 67.7 Å². The van der Waals surface area contributed by atoms with Gasteiger partial charge in [0.05, 0.1) is 0 Å². The fourth-order valence-corrected chi connectivity index (χ4v) is 3.36. The zero-order valence-electron chi connectivity index (χ0n) is 15.2. The molecule has 0 aromatic heterocycles. The van der Waals surface area contributed by atoms with Gasteiger partial charge in [0.2, 0.25) is 0 Å². The number of likely N-dealkylation sites (N-methyl/N-ethyl adjacent to an activating group) is 1. The van der Waals surface area contributed by atoms with E-state index in [1.807, 2.05) is 0 Å². The summed E-state index contributed by atoms with van der Waals surface area (Å²) >= 11 is 0. The van der Waals surface area contributed by atoms with E-state index in [0.717, 1.165) is 18.9 Å². The van der Waals surface area contributed by atoms with Gasteiger partial charge in [-0.3, -0.25) is 0 Å². The second kappa shape index (κ2) is 7.98. The number of benzene rings is 1. The molecular formula is C20H35N. The van der Waals surface area contributed by atoms with E-state index < -0.39 is 0 Å². The number of hydrogen-bond donors (Lipinski definition) is 1. The van der Waals surface area contributed by atoms with Gasteiger partial charge >= 0.3 is 0 Å².